The van der Waals surface area contributed by atoms with Gasteiger partial charge in [-0.25, -0.2) is 0 Å². The Labute approximate surface area is 116 Å². The SMILES string of the molecule is Cc1ccc(C(C)N2CCCC(N(C)C)C2)c(O)c1. The first-order chi connectivity index (χ1) is 8.99. The summed E-state index contributed by atoms with van der Waals surface area (Å²) in [4.78, 5) is 4.80. The molecule has 1 fully saturated rings. The van der Waals surface area contributed by atoms with E-state index < -0.39 is 0 Å². The highest BCUT2D eigenvalue weighted by atomic mass is 16.3. The molecule has 1 aliphatic heterocycles. The van der Waals surface area contributed by atoms with Crippen LogP contribution in [0.2, 0.25) is 0 Å². The van der Waals surface area contributed by atoms with E-state index in [1.165, 1.54) is 12.8 Å². The maximum absolute atomic E-state index is 10.1. The van der Waals surface area contributed by atoms with E-state index in [4.69, 9.17) is 0 Å². The standard InChI is InChI=1S/C16H26N2O/c1-12-7-8-15(16(19)10-12)13(2)18-9-5-6-14(11-18)17(3)4/h7-8,10,13-14,19H,5-6,9,11H2,1-4H3. The van der Waals surface area contributed by atoms with Gasteiger partial charge in [-0.1, -0.05) is 12.1 Å². The molecule has 0 aliphatic carbocycles. The molecule has 0 bridgehead atoms. The van der Waals surface area contributed by atoms with Crippen LogP contribution in [0, 0.1) is 6.92 Å². The van der Waals surface area contributed by atoms with E-state index in [-0.39, 0.29) is 6.04 Å². The van der Waals surface area contributed by atoms with Gasteiger partial charge in [0.25, 0.3) is 0 Å². The molecule has 1 aromatic carbocycles. The zero-order chi connectivity index (χ0) is 14.0. The van der Waals surface area contributed by atoms with Gasteiger partial charge in [-0.3, -0.25) is 4.90 Å². The Balaban J connectivity index is 2.12. The summed E-state index contributed by atoms with van der Waals surface area (Å²) in [7, 11) is 4.31. The van der Waals surface area contributed by atoms with Crippen LogP contribution in [-0.4, -0.2) is 48.1 Å². The topological polar surface area (TPSA) is 26.7 Å². The number of aryl methyl sites for hydroxylation is 1. The summed E-state index contributed by atoms with van der Waals surface area (Å²) < 4.78 is 0. The molecule has 2 unspecified atom stereocenters. The van der Waals surface area contributed by atoms with Gasteiger partial charge in [-0.2, -0.15) is 0 Å². The number of rotatable bonds is 3. The molecule has 0 radical (unpaired) electrons. The number of nitrogens with zero attached hydrogens (tertiary/aromatic N) is 2. The zero-order valence-corrected chi connectivity index (χ0v) is 12.6. The van der Waals surface area contributed by atoms with Crippen molar-refractivity contribution in [3.63, 3.8) is 0 Å². The molecule has 2 atom stereocenters. The molecule has 3 nitrogen and oxygen atoms in total. The zero-order valence-electron chi connectivity index (χ0n) is 12.6. The van der Waals surface area contributed by atoms with Crippen molar-refractivity contribution >= 4 is 0 Å². The number of hydrogen-bond acceptors (Lipinski definition) is 3. The van der Waals surface area contributed by atoms with Crippen molar-refractivity contribution in [1.29, 1.82) is 0 Å². The van der Waals surface area contributed by atoms with Crippen molar-refractivity contribution < 1.29 is 5.11 Å². The van der Waals surface area contributed by atoms with Crippen LogP contribution in [0.15, 0.2) is 18.2 Å². The van der Waals surface area contributed by atoms with E-state index in [9.17, 15) is 5.11 Å². The molecule has 3 heteroatoms. The fourth-order valence-electron chi connectivity index (χ4n) is 2.96. The van der Waals surface area contributed by atoms with E-state index in [0.717, 1.165) is 24.2 Å². The number of benzene rings is 1. The maximum atomic E-state index is 10.1. The van der Waals surface area contributed by atoms with Crippen molar-refractivity contribution in [3.05, 3.63) is 29.3 Å². The van der Waals surface area contributed by atoms with Crippen molar-refractivity contribution in [2.45, 2.75) is 38.8 Å². The summed E-state index contributed by atoms with van der Waals surface area (Å²) in [5.74, 6) is 0.430. The second kappa shape index (κ2) is 5.93. The molecular weight excluding hydrogens is 236 g/mol. The summed E-state index contributed by atoms with van der Waals surface area (Å²) in [6, 6.07) is 6.92. The first-order valence-corrected chi connectivity index (χ1v) is 7.19. The van der Waals surface area contributed by atoms with Crippen LogP contribution < -0.4 is 0 Å². The Bertz CT molecular complexity index is 431. The lowest BCUT2D eigenvalue weighted by molar-refractivity contribution is 0.101. The van der Waals surface area contributed by atoms with Gasteiger partial charge >= 0.3 is 0 Å². The fraction of sp³-hybridized carbons (Fsp3) is 0.625. The summed E-state index contributed by atoms with van der Waals surface area (Å²) >= 11 is 0. The third-order valence-electron chi connectivity index (χ3n) is 4.34. The minimum absolute atomic E-state index is 0.281. The molecule has 1 aromatic rings. The van der Waals surface area contributed by atoms with Crippen LogP contribution in [-0.2, 0) is 0 Å². The fourth-order valence-corrected chi connectivity index (χ4v) is 2.96. The van der Waals surface area contributed by atoms with Gasteiger partial charge in [0.2, 0.25) is 0 Å². The van der Waals surface area contributed by atoms with E-state index in [1.807, 2.05) is 13.0 Å². The van der Waals surface area contributed by atoms with Crippen LogP contribution >= 0.6 is 0 Å². The third-order valence-corrected chi connectivity index (χ3v) is 4.34. The minimum Gasteiger partial charge on any atom is -0.508 e. The molecule has 0 aromatic heterocycles. The van der Waals surface area contributed by atoms with Gasteiger partial charge in [-0.15, -0.1) is 0 Å². The van der Waals surface area contributed by atoms with Crippen molar-refractivity contribution in [3.8, 4) is 5.75 Å². The summed E-state index contributed by atoms with van der Waals surface area (Å²) in [6.45, 7) is 6.42. The highest BCUT2D eigenvalue weighted by Crippen LogP contribution is 2.31. The van der Waals surface area contributed by atoms with Crippen molar-refractivity contribution in [2.24, 2.45) is 0 Å². The van der Waals surface area contributed by atoms with Crippen LogP contribution in [0.5, 0.6) is 5.75 Å². The Kier molecular flexibility index (Phi) is 4.48. The average molecular weight is 262 g/mol. The summed E-state index contributed by atoms with van der Waals surface area (Å²) in [5.41, 5.74) is 2.16. The molecule has 0 spiro atoms. The second-order valence-corrected chi connectivity index (χ2v) is 5.99. The second-order valence-electron chi connectivity index (χ2n) is 5.99. The Morgan fingerprint density at radius 1 is 1.37 bits per heavy atom. The smallest absolute Gasteiger partial charge is 0.120 e. The number of aromatic hydroxyl groups is 1. The highest BCUT2D eigenvalue weighted by Gasteiger charge is 2.26. The molecule has 2 rings (SSSR count). The first-order valence-electron chi connectivity index (χ1n) is 7.19. The lowest BCUT2D eigenvalue weighted by atomic mass is 9.98. The first kappa shape index (κ1) is 14.4. The molecule has 106 valence electrons. The molecule has 1 heterocycles. The number of likely N-dealkylation sites (N-methyl/N-ethyl adjacent to an activating group) is 1. The van der Waals surface area contributed by atoms with Crippen LogP contribution in [0.4, 0.5) is 0 Å². The normalized spacial score (nSPS) is 22.7. The lowest BCUT2D eigenvalue weighted by Gasteiger charge is -2.39. The van der Waals surface area contributed by atoms with Gasteiger partial charge in [-0.05, 0) is 59.0 Å². The molecular formula is C16H26N2O. The van der Waals surface area contributed by atoms with E-state index in [0.29, 0.717) is 11.8 Å². The number of phenols is 1. The lowest BCUT2D eigenvalue weighted by Crippen LogP contribution is -2.45. The van der Waals surface area contributed by atoms with E-state index in [1.54, 1.807) is 0 Å². The highest BCUT2D eigenvalue weighted by molar-refractivity contribution is 5.37. The molecule has 1 saturated heterocycles. The van der Waals surface area contributed by atoms with Gasteiger partial charge in [0.1, 0.15) is 5.75 Å². The molecule has 0 amide bonds. The summed E-state index contributed by atoms with van der Waals surface area (Å²) in [6.07, 6.45) is 2.51. The third kappa shape index (κ3) is 3.28. The summed E-state index contributed by atoms with van der Waals surface area (Å²) in [5, 5.41) is 10.1. The van der Waals surface area contributed by atoms with E-state index >= 15 is 0 Å². The number of hydrogen-bond donors (Lipinski definition) is 1. The maximum Gasteiger partial charge on any atom is 0.120 e. The van der Waals surface area contributed by atoms with Gasteiger partial charge in [0.05, 0.1) is 0 Å². The molecule has 1 aliphatic rings. The van der Waals surface area contributed by atoms with Crippen molar-refractivity contribution in [2.75, 3.05) is 27.2 Å². The largest absolute Gasteiger partial charge is 0.508 e. The van der Waals surface area contributed by atoms with Gasteiger partial charge in [0.15, 0.2) is 0 Å². The number of likely N-dealkylation sites (tertiary alicyclic amines) is 1. The van der Waals surface area contributed by atoms with Gasteiger partial charge in [0, 0.05) is 24.2 Å². The minimum atomic E-state index is 0.281. The number of piperidine rings is 1. The Hall–Kier alpha value is -1.06. The Morgan fingerprint density at radius 3 is 2.74 bits per heavy atom. The van der Waals surface area contributed by atoms with Crippen LogP contribution in [0.25, 0.3) is 0 Å². The Morgan fingerprint density at radius 2 is 2.11 bits per heavy atom. The average Bonchev–Trinajstić information content (AvgIpc) is 2.38. The predicted octanol–water partition coefficient (Wildman–Crippen LogP) is 2.79. The van der Waals surface area contributed by atoms with E-state index in [2.05, 4.69) is 43.0 Å². The quantitative estimate of drug-likeness (QED) is 0.907. The number of phenolic OH excluding ortho intramolecular Hbond substituents is 1. The monoisotopic (exact) mass is 262 g/mol. The predicted molar refractivity (Wildman–Crippen MR) is 79.5 cm³/mol. The van der Waals surface area contributed by atoms with Gasteiger partial charge < -0.3 is 10.0 Å². The van der Waals surface area contributed by atoms with Crippen molar-refractivity contribution in [1.82, 2.24) is 9.80 Å². The molecule has 19 heavy (non-hydrogen) atoms. The molecule has 1 N–H and O–H groups in total. The molecule has 0 saturated carbocycles. The van der Waals surface area contributed by atoms with Crippen LogP contribution in [0.1, 0.15) is 36.9 Å². The van der Waals surface area contributed by atoms with Crippen LogP contribution in [0.3, 0.4) is 0 Å².